The van der Waals surface area contributed by atoms with Crippen LogP contribution in [0, 0.1) is 5.92 Å². The lowest BCUT2D eigenvalue weighted by Crippen LogP contribution is -2.46. The molecule has 0 spiro atoms. The molecule has 2 unspecified atom stereocenters. The molecular weight excluding hydrogens is 332 g/mol. The summed E-state index contributed by atoms with van der Waals surface area (Å²) in [6, 6.07) is 13.0. The van der Waals surface area contributed by atoms with E-state index in [9.17, 15) is 24.6 Å². The third kappa shape index (κ3) is 2.62. The fraction of sp³-hybridized carbons (Fsp3) is 0.190. The molecule has 0 saturated carbocycles. The van der Waals surface area contributed by atoms with Crippen LogP contribution in [0.2, 0.25) is 0 Å². The van der Waals surface area contributed by atoms with Gasteiger partial charge in [0.2, 0.25) is 0 Å². The van der Waals surface area contributed by atoms with Crippen molar-refractivity contribution < 1.29 is 24.6 Å². The van der Waals surface area contributed by atoms with Crippen molar-refractivity contribution in [3.8, 4) is 0 Å². The fourth-order valence-electron chi connectivity index (χ4n) is 3.81. The number of hydrogen-bond acceptors (Lipinski definition) is 3. The Kier molecular flexibility index (Phi) is 4.24. The number of benzene rings is 2. The number of carboxylic acid groups (broad SMARTS) is 2. The first-order chi connectivity index (χ1) is 12.3. The van der Waals surface area contributed by atoms with Gasteiger partial charge in [0, 0.05) is 5.56 Å². The topological polar surface area (TPSA) is 91.7 Å². The Morgan fingerprint density at radius 1 is 0.962 bits per heavy atom. The second kappa shape index (κ2) is 6.26. The molecular formula is C21H18O5. The van der Waals surface area contributed by atoms with Gasteiger partial charge in [-0.05, 0) is 37.1 Å². The molecule has 1 aliphatic carbocycles. The van der Waals surface area contributed by atoms with Crippen molar-refractivity contribution in [2.75, 3.05) is 0 Å². The molecule has 0 bridgehead atoms. The lowest BCUT2D eigenvalue weighted by atomic mass is 9.61. The largest absolute Gasteiger partial charge is 0.481 e. The van der Waals surface area contributed by atoms with Gasteiger partial charge in [0.1, 0.15) is 0 Å². The maximum Gasteiger partial charge on any atom is 0.335 e. The number of carbonyl (C=O) groups is 3. The molecule has 0 aromatic heterocycles. The summed E-state index contributed by atoms with van der Waals surface area (Å²) >= 11 is 0. The highest BCUT2D eigenvalue weighted by molar-refractivity contribution is 6.08. The zero-order chi connectivity index (χ0) is 19.1. The summed E-state index contributed by atoms with van der Waals surface area (Å²) in [5.74, 6) is -3.49. The van der Waals surface area contributed by atoms with Crippen molar-refractivity contribution in [3.05, 3.63) is 76.4 Å². The highest BCUT2D eigenvalue weighted by atomic mass is 16.4. The smallest absolute Gasteiger partial charge is 0.335 e. The minimum absolute atomic E-state index is 0.0936. The number of aliphatic carboxylic acids is 1. The van der Waals surface area contributed by atoms with Crippen LogP contribution in [0.3, 0.4) is 0 Å². The maximum absolute atomic E-state index is 13.4. The Labute approximate surface area is 150 Å². The van der Waals surface area contributed by atoms with Crippen LogP contribution in [0.4, 0.5) is 0 Å². The fourth-order valence-corrected chi connectivity index (χ4v) is 3.81. The van der Waals surface area contributed by atoms with E-state index < -0.39 is 23.3 Å². The molecule has 132 valence electrons. The van der Waals surface area contributed by atoms with E-state index in [2.05, 4.69) is 0 Å². The number of aromatic carboxylic acids is 1. The zero-order valence-electron chi connectivity index (χ0n) is 14.4. The van der Waals surface area contributed by atoms with Crippen molar-refractivity contribution in [2.24, 2.45) is 5.92 Å². The second-order valence-corrected chi connectivity index (χ2v) is 6.66. The van der Waals surface area contributed by atoms with Crippen molar-refractivity contribution in [1.29, 1.82) is 0 Å². The molecule has 0 amide bonds. The van der Waals surface area contributed by atoms with Gasteiger partial charge in [-0.25, -0.2) is 4.79 Å². The monoisotopic (exact) mass is 350 g/mol. The normalized spacial score (nSPS) is 21.5. The Morgan fingerprint density at radius 3 is 2.19 bits per heavy atom. The molecule has 0 saturated heterocycles. The van der Waals surface area contributed by atoms with E-state index in [0.717, 1.165) is 0 Å². The lowest BCUT2D eigenvalue weighted by molar-refractivity contribution is -0.142. The van der Waals surface area contributed by atoms with Crippen molar-refractivity contribution >= 4 is 23.8 Å². The molecule has 2 aromatic carbocycles. The first-order valence-corrected chi connectivity index (χ1v) is 8.15. The molecule has 2 atom stereocenters. The predicted molar refractivity (Wildman–Crippen MR) is 96.3 cm³/mol. The molecule has 0 heterocycles. The summed E-state index contributed by atoms with van der Waals surface area (Å²) in [5.41, 5.74) is 0.777. The van der Waals surface area contributed by atoms with E-state index in [0.29, 0.717) is 22.3 Å². The van der Waals surface area contributed by atoms with Crippen LogP contribution < -0.4 is 0 Å². The van der Waals surface area contributed by atoms with Gasteiger partial charge >= 0.3 is 11.9 Å². The third-order valence-corrected chi connectivity index (χ3v) is 5.03. The second-order valence-electron chi connectivity index (χ2n) is 6.66. The van der Waals surface area contributed by atoms with E-state index >= 15 is 0 Å². The van der Waals surface area contributed by atoms with Gasteiger partial charge in [0.15, 0.2) is 5.78 Å². The highest BCUT2D eigenvalue weighted by Crippen LogP contribution is 2.45. The first-order valence-electron chi connectivity index (χ1n) is 8.15. The van der Waals surface area contributed by atoms with Crippen molar-refractivity contribution in [2.45, 2.75) is 19.3 Å². The summed E-state index contributed by atoms with van der Waals surface area (Å²) in [6.45, 7) is 3.28. The van der Waals surface area contributed by atoms with E-state index in [1.54, 1.807) is 56.3 Å². The van der Waals surface area contributed by atoms with Gasteiger partial charge in [0.05, 0.1) is 16.9 Å². The average molecular weight is 350 g/mol. The van der Waals surface area contributed by atoms with E-state index in [1.165, 1.54) is 12.1 Å². The molecule has 2 aromatic rings. The summed E-state index contributed by atoms with van der Waals surface area (Å²) in [5, 5.41) is 19.0. The number of ketones is 1. The number of carboxylic acids is 2. The first kappa shape index (κ1) is 17.6. The van der Waals surface area contributed by atoms with Gasteiger partial charge in [0.25, 0.3) is 0 Å². The van der Waals surface area contributed by atoms with Gasteiger partial charge in [-0.1, -0.05) is 48.0 Å². The molecule has 0 aliphatic heterocycles. The summed E-state index contributed by atoms with van der Waals surface area (Å²) in [7, 11) is 0. The number of fused-ring (bicyclic) bond motifs is 1. The molecule has 0 fully saturated rings. The Hall–Kier alpha value is -3.21. The summed E-state index contributed by atoms with van der Waals surface area (Å²) in [6.07, 6.45) is 1.65. The zero-order valence-corrected chi connectivity index (χ0v) is 14.4. The van der Waals surface area contributed by atoms with Crippen LogP contribution in [0.1, 0.15) is 45.7 Å². The Balaban J connectivity index is 2.27. The number of hydrogen-bond donors (Lipinski definition) is 2. The van der Waals surface area contributed by atoms with Crippen LogP contribution in [-0.2, 0) is 10.2 Å². The molecule has 0 radical (unpaired) electrons. The number of rotatable bonds is 4. The molecule has 2 N–H and O–H groups in total. The molecule has 5 heteroatoms. The van der Waals surface area contributed by atoms with Crippen molar-refractivity contribution in [1.82, 2.24) is 0 Å². The quantitative estimate of drug-likeness (QED) is 0.821. The SMILES string of the molecule is CC1=Cc2cc(C(=O)O)ccc2C(C)(C(=O)c2ccccc2)C1C(=O)O. The molecule has 3 rings (SSSR count). The average Bonchev–Trinajstić information content (AvgIpc) is 2.60. The maximum atomic E-state index is 13.4. The van der Waals surface area contributed by atoms with Crippen molar-refractivity contribution in [3.63, 3.8) is 0 Å². The minimum atomic E-state index is -1.33. The number of Topliss-reactive ketones (excluding diaryl/α,β-unsaturated/α-hetero) is 1. The standard InChI is InChI=1S/C21H18O5/c1-12-10-15-11-14(19(23)24)8-9-16(15)21(2,17(12)20(25)26)18(22)13-6-4-3-5-7-13/h3-11,17H,1-2H3,(H,23,24)(H,25,26). The number of carbonyl (C=O) groups excluding carboxylic acids is 1. The highest BCUT2D eigenvalue weighted by Gasteiger charge is 2.50. The van der Waals surface area contributed by atoms with E-state index in [-0.39, 0.29) is 11.3 Å². The Morgan fingerprint density at radius 2 is 1.62 bits per heavy atom. The van der Waals surface area contributed by atoms with Gasteiger partial charge < -0.3 is 10.2 Å². The van der Waals surface area contributed by atoms with Crippen LogP contribution in [0.15, 0.2) is 54.1 Å². The predicted octanol–water partition coefficient (Wildman–Crippen LogP) is 3.64. The van der Waals surface area contributed by atoms with E-state index in [4.69, 9.17) is 0 Å². The molecule has 5 nitrogen and oxygen atoms in total. The summed E-state index contributed by atoms with van der Waals surface area (Å²) < 4.78 is 0. The summed E-state index contributed by atoms with van der Waals surface area (Å²) in [4.78, 5) is 36.6. The van der Waals surface area contributed by atoms with Crippen LogP contribution in [-0.4, -0.2) is 27.9 Å². The van der Waals surface area contributed by atoms with Crippen LogP contribution in [0.5, 0.6) is 0 Å². The molecule has 1 aliphatic rings. The van der Waals surface area contributed by atoms with Gasteiger partial charge in [-0.3, -0.25) is 9.59 Å². The van der Waals surface area contributed by atoms with E-state index in [1.807, 2.05) is 0 Å². The minimum Gasteiger partial charge on any atom is -0.481 e. The Bertz CT molecular complexity index is 942. The lowest BCUT2D eigenvalue weighted by Gasteiger charge is -2.39. The molecule has 26 heavy (non-hydrogen) atoms. The van der Waals surface area contributed by atoms with Gasteiger partial charge in [-0.2, -0.15) is 0 Å². The van der Waals surface area contributed by atoms with Gasteiger partial charge in [-0.15, -0.1) is 0 Å². The van der Waals surface area contributed by atoms with Crippen LogP contribution in [0.25, 0.3) is 6.08 Å². The third-order valence-electron chi connectivity index (χ3n) is 5.03. The van der Waals surface area contributed by atoms with Crippen LogP contribution >= 0.6 is 0 Å².